The van der Waals surface area contributed by atoms with E-state index in [1.807, 2.05) is 6.07 Å². The van der Waals surface area contributed by atoms with Gasteiger partial charge in [-0.2, -0.15) is 0 Å². The molecule has 0 radical (unpaired) electrons. The Kier molecular flexibility index (Phi) is 4.56. The number of carbonyl (C=O) groups is 1. The van der Waals surface area contributed by atoms with Gasteiger partial charge >= 0.3 is 0 Å². The molecule has 1 aromatic heterocycles. The highest BCUT2D eigenvalue weighted by Crippen LogP contribution is 2.14. The Labute approximate surface area is 138 Å². The number of hydrogen-bond donors (Lipinski definition) is 2. The second kappa shape index (κ2) is 6.95. The smallest absolute Gasteiger partial charge is 0.261 e. The second-order valence-corrected chi connectivity index (χ2v) is 5.46. The fraction of sp³-hybridized carbons (Fsp3) is 0.167. The largest absolute Gasteiger partial charge is 0.508 e. The van der Waals surface area contributed by atoms with Gasteiger partial charge in [0.25, 0.3) is 5.56 Å². The fourth-order valence-corrected chi connectivity index (χ4v) is 2.44. The van der Waals surface area contributed by atoms with Crippen LogP contribution in [0.5, 0.6) is 5.75 Å². The summed E-state index contributed by atoms with van der Waals surface area (Å²) in [5.41, 5.74) is 1.20. The standard InChI is InChI=1S/C18H17N3O3/c22-14-9-7-13(8-10-14)20-17(23)6-3-11-21-12-19-16-5-2-1-4-15(16)18(21)24/h1-2,4-5,7-10,12,22H,3,6,11H2,(H,20,23). The number of carbonyl (C=O) groups excluding carboxylic acids is 1. The molecule has 0 atom stereocenters. The van der Waals surface area contributed by atoms with Gasteiger partial charge in [-0.3, -0.25) is 14.2 Å². The number of phenolic OH excluding ortho intramolecular Hbond substituents is 1. The second-order valence-electron chi connectivity index (χ2n) is 5.46. The molecule has 122 valence electrons. The van der Waals surface area contributed by atoms with E-state index in [0.717, 1.165) is 0 Å². The molecule has 6 nitrogen and oxygen atoms in total. The Morgan fingerprint density at radius 3 is 2.67 bits per heavy atom. The zero-order chi connectivity index (χ0) is 16.9. The first-order valence-electron chi connectivity index (χ1n) is 7.66. The normalized spacial score (nSPS) is 10.7. The minimum Gasteiger partial charge on any atom is -0.508 e. The summed E-state index contributed by atoms with van der Waals surface area (Å²) in [7, 11) is 0. The zero-order valence-corrected chi connectivity index (χ0v) is 13.0. The van der Waals surface area contributed by atoms with Crippen LogP contribution in [0.1, 0.15) is 12.8 Å². The van der Waals surface area contributed by atoms with Gasteiger partial charge in [-0.15, -0.1) is 0 Å². The van der Waals surface area contributed by atoms with Crippen molar-refractivity contribution >= 4 is 22.5 Å². The molecule has 3 rings (SSSR count). The first-order valence-corrected chi connectivity index (χ1v) is 7.66. The molecule has 0 saturated carbocycles. The number of rotatable bonds is 5. The SMILES string of the molecule is O=C(CCCn1cnc2ccccc2c1=O)Nc1ccc(O)cc1. The lowest BCUT2D eigenvalue weighted by Crippen LogP contribution is -2.21. The van der Waals surface area contributed by atoms with Gasteiger partial charge in [0.2, 0.25) is 5.91 Å². The van der Waals surface area contributed by atoms with E-state index in [-0.39, 0.29) is 17.2 Å². The van der Waals surface area contributed by atoms with Crippen LogP contribution in [0.25, 0.3) is 10.9 Å². The summed E-state index contributed by atoms with van der Waals surface area (Å²) in [6, 6.07) is 13.5. The van der Waals surface area contributed by atoms with E-state index in [2.05, 4.69) is 10.3 Å². The maximum Gasteiger partial charge on any atom is 0.261 e. The van der Waals surface area contributed by atoms with Crippen molar-refractivity contribution in [3.8, 4) is 5.75 Å². The van der Waals surface area contributed by atoms with Gasteiger partial charge < -0.3 is 10.4 Å². The van der Waals surface area contributed by atoms with E-state index in [9.17, 15) is 14.7 Å². The summed E-state index contributed by atoms with van der Waals surface area (Å²) >= 11 is 0. The van der Waals surface area contributed by atoms with Gasteiger partial charge in [-0.25, -0.2) is 4.98 Å². The van der Waals surface area contributed by atoms with Crippen LogP contribution in [-0.2, 0) is 11.3 Å². The Bertz CT molecular complexity index is 917. The topological polar surface area (TPSA) is 84.2 Å². The van der Waals surface area contributed by atoms with Crippen molar-refractivity contribution in [2.45, 2.75) is 19.4 Å². The molecule has 0 spiro atoms. The zero-order valence-electron chi connectivity index (χ0n) is 13.0. The predicted molar refractivity (Wildman–Crippen MR) is 92.0 cm³/mol. The Hall–Kier alpha value is -3.15. The number of nitrogens with zero attached hydrogens (tertiary/aromatic N) is 2. The molecule has 0 aliphatic carbocycles. The van der Waals surface area contributed by atoms with Crippen LogP contribution in [-0.4, -0.2) is 20.6 Å². The Morgan fingerprint density at radius 1 is 1.12 bits per heavy atom. The highest BCUT2D eigenvalue weighted by atomic mass is 16.3. The lowest BCUT2D eigenvalue weighted by Gasteiger charge is -2.07. The van der Waals surface area contributed by atoms with Crippen LogP contribution in [0.2, 0.25) is 0 Å². The lowest BCUT2D eigenvalue weighted by molar-refractivity contribution is -0.116. The third kappa shape index (κ3) is 3.60. The molecule has 24 heavy (non-hydrogen) atoms. The lowest BCUT2D eigenvalue weighted by atomic mass is 10.2. The average Bonchev–Trinajstić information content (AvgIpc) is 2.59. The summed E-state index contributed by atoms with van der Waals surface area (Å²) in [6.07, 6.45) is 2.34. The van der Waals surface area contributed by atoms with Crippen molar-refractivity contribution in [2.24, 2.45) is 0 Å². The minimum atomic E-state index is -0.137. The van der Waals surface area contributed by atoms with E-state index in [0.29, 0.717) is 36.0 Å². The van der Waals surface area contributed by atoms with E-state index in [1.54, 1.807) is 30.3 Å². The first kappa shape index (κ1) is 15.7. The molecular formula is C18H17N3O3. The van der Waals surface area contributed by atoms with Gasteiger partial charge in [0, 0.05) is 18.7 Å². The molecule has 2 aromatic carbocycles. The fourth-order valence-electron chi connectivity index (χ4n) is 2.44. The van der Waals surface area contributed by atoms with E-state index in [1.165, 1.54) is 23.0 Å². The molecule has 2 N–H and O–H groups in total. The highest BCUT2D eigenvalue weighted by molar-refractivity contribution is 5.90. The number of benzene rings is 2. The summed E-state index contributed by atoms with van der Waals surface area (Å²) < 4.78 is 1.52. The number of phenols is 1. The summed E-state index contributed by atoms with van der Waals surface area (Å²) in [4.78, 5) is 28.5. The number of amides is 1. The minimum absolute atomic E-state index is 0.0976. The molecule has 1 amide bonds. The molecule has 0 aliphatic rings. The average molecular weight is 323 g/mol. The van der Waals surface area contributed by atoms with E-state index in [4.69, 9.17) is 0 Å². The van der Waals surface area contributed by atoms with Crippen LogP contribution < -0.4 is 10.9 Å². The molecule has 0 unspecified atom stereocenters. The number of hydrogen-bond acceptors (Lipinski definition) is 4. The van der Waals surface area contributed by atoms with Crippen LogP contribution in [0, 0.1) is 0 Å². The van der Waals surface area contributed by atoms with Gasteiger partial charge in [0.05, 0.1) is 17.2 Å². The number of aryl methyl sites for hydroxylation is 1. The molecule has 0 aliphatic heterocycles. The van der Waals surface area contributed by atoms with Gasteiger partial charge in [-0.05, 0) is 42.8 Å². The Morgan fingerprint density at radius 2 is 1.88 bits per heavy atom. The molecule has 0 bridgehead atoms. The number of aromatic nitrogens is 2. The van der Waals surface area contributed by atoms with Crippen LogP contribution in [0.4, 0.5) is 5.69 Å². The van der Waals surface area contributed by atoms with Crippen molar-refractivity contribution in [3.05, 3.63) is 65.2 Å². The molecule has 0 fully saturated rings. The van der Waals surface area contributed by atoms with Gasteiger partial charge in [0.15, 0.2) is 0 Å². The monoisotopic (exact) mass is 323 g/mol. The number of nitrogens with one attached hydrogen (secondary N) is 1. The highest BCUT2D eigenvalue weighted by Gasteiger charge is 2.06. The molecule has 3 aromatic rings. The molecule has 0 saturated heterocycles. The summed E-state index contributed by atoms with van der Waals surface area (Å²) in [5.74, 6) is 0.0127. The molecular weight excluding hydrogens is 306 g/mol. The quantitative estimate of drug-likeness (QED) is 0.707. The third-order valence-electron chi connectivity index (χ3n) is 3.69. The van der Waals surface area contributed by atoms with Crippen LogP contribution in [0.3, 0.4) is 0 Å². The number of para-hydroxylation sites is 1. The van der Waals surface area contributed by atoms with Crippen LogP contribution in [0.15, 0.2) is 59.7 Å². The molecule has 6 heteroatoms. The summed E-state index contributed by atoms with van der Waals surface area (Å²) in [6.45, 7) is 0.430. The summed E-state index contributed by atoms with van der Waals surface area (Å²) in [5, 5.41) is 12.5. The van der Waals surface area contributed by atoms with Crippen molar-refractivity contribution in [1.82, 2.24) is 9.55 Å². The maximum atomic E-state index is 12.3. The molecule has 1 heterocycles. The maximum absolute atomic E-state index is 12.3. The van der Waals surface area contributed by atoms with E-state index >= 15 is 0 Å². The number of anilines is 1. The van der Waals surface area contributed by atoms with E-state index < -0.39 is 0 Å². The predicted octanol–water partition coefficient (Wildman–Crippen LogP) is 2.52. The van der Waals surface area contributed by atoms with Crippen LogP contribution >= 0.6 is 0 Å². The van der Waals surface area contributed by atoms with Gasteiger partial charge in [0.1, 0.15) is 5.75 Å². The number of aromatic hydroxyl groups is 1. The van der Waals surface area contributed by atoms with Crippen molar-refractivity contribution in [3.63, 3.8) is 0 Å². The Balaban J connectivity index is 1.58. The van der Waals surface area contributed by atoms with Crippen molar-refractivity contribution in [1.29, 1.82) is 0 Å². The first-order chi connectivity index (χ1) is 11.6. The van der Waals surface area contributed by atoms with Crippen molar-refractivity contribution < 1.29 is 9.90 Å². The number of fused-ring (bicyclic) bond motifs is 1. The van der Waals surface area contributed by atoms with Gasteiger partial charge in [-0.1, -0.05) is 12.1 Å². The third-order valence-corrected chi connectivity index (χ3v) is 3.69. The van der Waals surface area contributed by atoms with Crippen molar-refractivity contribution in [2.75, 3.05) is 5.32 Å².